The monoisotopic (exact) mass is 299 g/mol. The van der Waals surface area contributed by atoms with Crippen molar-refractivity contribution in [2.45, 2.75) is 32.6 Å². The van der Waals surface area contributed by atoms with E-state index in [1.807, 2.05) is 6.92 Å². The molecule has 1 heterocycles. The van der Waals surface area contributed by atoms with Crippen molar-refractivity contribution < 1.29 is 17.9 Å². The van der Waals surface area contributed by atoms with Crippen LogP contribution in [-0.2, 0) is 19.3 Å². The third-order valence-corrected chi connectivity index (χ3v) is 2.90. The summed E-state index contributed by atoms with van der Waals surface area (Å²) in [4.78, 5) is 0. The van der Waals surface area contributed by atoms with E-state index in [0.717, 1.165) is 19.0 Å². The molecular weight excluding hydrogens is 283 g/mol. The molecule has 0 atom stereocenters. The first kappa shape index (κ1) is 15.4. The summed E-state index contributed by atoms with van der Waals surface area (Å²) in [5.41, 5.74) is 4.65. The van der Waals surface area contributed by atoms with Crippen molar-refractivity contribution in [3.63, 3.8) is 0 Å². The molecular formula is C14H16F3N3O. The first-order valence-electron chi connectivity index (χ1n) is 6.54. The fraction of sp³-hybridized carbons (Fsp3) is 0.357. The van der Waals surface area contributed by atoms with Crippen LogP contribution in [-0.4, -0.2) is 9.78 Å². The van der Waals surface area contributed by atoms with Gasteiger partial charge in [-0.2, -0.15) is 18.3 Å². The lowest BCUT2D eigenvalue weighted by Crippen LogP contribution is -2.11. The standard InChI is InChI=1S/C14H16F3N3O/c1-2-5-20-9-12(8-19-20)21-11-3-4-13(14(15,16)17)10(6-11)7-18/h3-4,6,8-9H,2,5,7,18H2,1H3. The Morgan fingerprint density at radius 1 is 1.29 bits per heavy atom. The molecule has 0 spiro atoms. The van der Waals surface area contributed by atoms with E-state index in [2.05, 4.69) is 5.10 Å². The summed E-state index contributed by atoms with van der Waals surface area (Å²) < 4.78 is 45.5. The van der Waals surface area contributed by atoms with E-state index in [9.17, 15) is 13.2 Å². The van der Waals surface area contributed by atoms with E-state index >= 15 is 0 Å². The first-order chi connectivity index (χ1) is 9.94. The zero-order valence-corrected chi connectivity index (χ0v) is 11.5. The van der Waals surface area contributed by atoms with Gasteiger partial charge in [-0.25, -0.2) is 0 Å². The summed E-state index contributed by atoms with van der Waals surface area (Å²) in [6.45, 7) is 2.57. The van der Waals surface area contributed by atoms with Crippen LogP contribution in [0.4, 0.5) is 13.2 Å². The van der Waals surface area contributed by atoms with Crippen molar-refractivity contribution in [3.05, 3.63) is 41.7 Å². The molecule has 2 rings (SSSR count). The Kier molecular flexibility index (Phi) is 4.52. The number of nitrogens with zero attached hydrogens (tertiary/aromatic N) is 2. The van der Waals surface area contributed by atoms with Gasteiger partial charge in [-0.1, -0.05) is 6.92 Å². The van der Waals surface area contributed by atoms with Gasteiger partial charge in [0.15, 0.2) is 5.75 Å². The van der Waals surface area contributed by atoms with Gasteiger partial charge in [0.2, 0.25) is 0 Å². The highest BCUT2D eigenvalue weighted by molar-refractivity contribution is 5.39. The summed E-state index contributed by atoms with van der Waals surface area (Å²) in [6, 6.07) is 3.56. The second kappa shape index (κ2) is 6.17. The second-order valence-corrected chi connectivity index (χ2v) is 4.56. The van der Waals surface area contributed by atoms with Crippen molar-refractivity contribution in [2.24, 2.45) is 5.73 Å². The number of ether oxygens (including phenoxy) is 1. The molecule has 1 aromatic heterocycles. The van der Waals surface area contributed by atoms with Crippen LogP contribution in [0.15, 0.2) is 30.6 Å². The predicted octanol–water partition coefficient (Wildman–Crippen LogP) is 3.56. The molecule has 0 unspecified atom stereocenters. The molecule has 4 nitrogen and oxygen atoms in total. The molecule has 0 fully saturated rings. The smallest absolute Gasteiger partial charge is 0.416 e. The molecule has 0 saturated carbocycles. The second-order valence-electron chi connectivity index (χ2n) is 4.56. The number of aromatic nitrogens is 2. The SMILES string of the molecule is CCCn1cc(Oc2ccc(C(F)(F)F)c(CN)c2)cn1. The highest BCUT2D eigenvalue weighted by Gasteiger charge is 2.33. The number of benzene rings is 1. The van der Waals surface area contributed by atoms with E-state index in [1.165, 1.54) is 18.3 Å². The van der Waals surface area contributed by atoms with Crippen LogP contribution in [0.1, 0.15) is 24.5 Å². The maximum atomic E-state index is 12.8. The van der Waals surface area contributed by atoms with Crippen molar-refractivity contribution in [3.8, 4) is 11.5 Å². The van der Waals surface area contributed by atoms with Crippen molar-refractivity contribution in [2.75, 3.05) is 0 Å². The van der Waals surface area contributed by atoms with E-state index in [1.54, 1.807) is 10.9 Å². The zero-order chi connectivity index (χ0) is 15.5. The molecule has 0 bridgehead atoms. The number of aryl methyl sites for hydroxylation is 1. The fourth-order valence-electron chi connectivity index (χ4n) is 1.96. The lowest BCUT2D eigenvalue weighted by Gasteiger charge is -2.13. The van der Waals surface area contributed by atoms with Gasteiger partial charge in [-0.15, -0.1) is 0 Å². The minimum atomic E-state index is -4.42. The van der Waals surface area contributed by atoms with Crippen LogP contribution in [0.2, 0.25) is 0 Å². The molecule has 1 aromatic carbocycles. The summed E-state index contributed by atoms with van der Waals surface area (Å²) in [5.74, 6) is 0.783. The summed E-state index contributed by atoms with van der Waals surface area (Å²) in [7, 11) is 0. The Morgan fingerprint density at radius 3 is 2.67 bits per heavy atom. The van der Waals surface area contributed by atoms with Gasteiger partial charge in [0, 0.05) is 13.1 Å². The Labute approximate surface area is 120 Å². The number of alkyl halides is 3. The largest absolute Gasteiger partial charge is 0.454 e. The highest BCUT2D eigenvalue weighted by atomic mass is 19.4. The minimum Gasteiger partial charge on any atom is -0.454 e. The summed E-state index contributed by atoms with van der Waals surface area (Å²) >= 11 is 0. The Hall–Kier alpha value is -2.02. The van der Waals surface area contributed by atoms with Gasteiger partial charge in [0.25, 0.3) is 0 Å². The number of rotatable bonds is 5. The van der Waals surface area contributed by atoms with E-state index in [0.29, 0.717) is 11.5 Å². The molecule has 2 aromatic rings. The topological polar surface area (TPSA) is 53.1 Å². The van der Waals surface area contributed by atoms with E-state index in [-0.39, 0.29) is 12.1 Å². The Bertz CT molecular complexity index is 608. The van der Waals surface area contributed by atoms with Gasteiger partial charge in [-0.3, -0.25) is 4.68 Å². The third-order valence-electron chi connectivity index (χ3n) is 2.90. The Morgan fingerprint density at radius 2 is 2.05 bits per heavy atom. The third kappa shape index (κ3) is 3.75. The van der Waals surface area contributed by atoms with E-state index < -0.39 is 11.7 Å². The van der Waals surface area contributed by atoms with Gasteiger partial charge >= 0.3 is 6.18 Å². The van der Waals surface area contributed by atoms with Crippen LogP contribution in [0.25, 0.3) is 0 Å². The van der Waals surface area contributed by atoms with Crippen LogP contribution < -0.4 is 10.5 Å². The summed E-state index contributed by atoms with van der Waals surface area (Å²) in [5, 5.41) is 4.09. The minimum absolute atomic E-state index is 0.000880. The van der Waals surface area contributed by atoms with Gasteiger partial charge in [0.1, 0.15) is 5.75 Å². The fourth-order valence-corrected chi connectivity index (χ4v) is 1.96. The summed E-state index contributed by atoms with van der Waals surface area (Å²) in [6.07, 6.45) is -0.267. The lowest BCUT2D eigenvalue weighted by atomic mass is 10.1. The number of halogens is 3. The van der Waals surface area contributed by atoms with Crippen LogP contribution in [0.5, 0.6) is 11.5 Å². The normalized spacial score (nSPS) is 11.7. The Balaban J connectivity index is 2.20. The molecule has 2 N–H and O–H groups in total. The molecule has 0 aliphatic heterocycles. The van der Waals surface area contributed by atoms with Crippen LogP contribution in [0.3, 0.4) is 0 Å². The average Bonchev–Trinajstić information content (AvgIpc) is 2.85. The molecule has 0 aliphatic carbocycles. The van der Waals surface area contributed by atoms with Crippen LogP contribution in [0, 0.1) is 0 Å². The number of hydrogen-bond donors (Lipinski definition) is 1. The number of nitrogens with two attached hydrogens (primary N) is 1. The lowest BCUT2D eigenvalue weighted by molar-refractivity contribution is -0.138. The van der Waals surface area contributed by atoms with Crippen molar-refractivity contribution in [1.82, 2.24) is 9.78 Å². The predicted molar refractivity (Wildman–Crippen MR) is 71.9 cm³/mol. The molecule has 0 saturated heterocycles. The molecule has 7 heteroatoms. The number of hydrogen-bond acceptors (Lipinski definition) is 3. The molecule has 0 amide bonds. The van der Waals surface area contributed by atoms with Gasteiger partial charge in [-0.05, 0) is 30.2 Å². The zero-order valence-electron chi connectivity index (χ0n) is 11.5. The first-order valence-corrected chi connectivity index (χ1v) is 6.54. The van der Waals surface area contributed by atoms with E-state index in [4.69, 9.17) is 10.5 Å². The van der Waals surface area contributed by atoms with Gasteiger partial charge in [0.05, 0.1) is 18.0 Å². The van der Waals surface area contributed by atoms with Crippen molar-refractivity contribution >= 4 is 0 Å². The quantitative estimate of drug-likeness (QED) is 0.918. The van der Waals surface area contributed by atoms with Gasteiger partial charge < -0.3 is 10.5 Å². The average molecular weight is 299 g/mol. The maximum Gasteiger partial charge on any atom is 0.416 e. The highest BCUT2D eigenvalue weighted by Crippen LogP contribution is 2.34. The molecule has 114 valence electrons. The van der Waals surface area contributed by atoms with Crippen LogP contribution >= 0.6 is 0 Å². The van der Waals surface area contributed by atoms with Crippen molar-refractivity contribution in [1.29, 1.82) is 0 Å². The molecule has 21 heavy (non-hydrogen) atoms. The molecule has 0 radical (unpaired) electrons. The maximum absolute atomic E-state index is 12.8. The molecule has 0 aliphatic rings.